The summed E-state index contributed by atoms with van der Waals surface area (Å²) in [5.74, 6) is -0.0987. The highest BCUT2D eigenvalue weighted by Crippen LogP contribution is 2.35. The van der Waals surface area contributed by atoms with Crippen molar-refractivity contribution in [2.75, 3.05) is 37.7 Å². The summed E-state index contributed by atoms with van der Waals surface area (Å²) >= 11 is 0. The van der Waals surface area contributed by atoms with Gasteiger partial charge in [-0.2, -0.15) is 0 Å². The standard InChI is InChI=1S/C31H39N3O7/c1-31(2)39-21-24-18-23(12-13-26(24)41-31)27-19-33(30(37)40-27)14-5-3-4-6-15-38-16-8-10-22-9-7-11-25(17-22)34-20-28(35)32-29(34)36/h7,9,11-13,17-18,27H,3-6,8,10,14-16,19-21H2,1-2H3,(H,32,35,36)/t27-/m0/s1. The van der Waals surface area contributed by atoms with E-state index in [-0.39, 0.29) is 30.7 Å². The number of nitrogens with zero attached hydrogens (tertiary/aromatic N) is 2. The summed E-state index contributed by atoms with van der Waals surface area (Å²) in [6.45, 7) is 6.95. The second kappa shape index (κ2) is 12.9. The lowest BCUT2D eigenvalue weighted by Gasteiger charge is -2.32. The third-order valence-electron chi connectivity index (χ3n) is 7.51. The SMILES string of the molecule is CC1(C)OCc2cc([C@@H]3CN(CCCCCCOCCCc4cccc(N5CC(=O)NC5=O)c4)C(=O)O3)ccc2O1. The number of imide groups is 1. The van der Waals surface area contributed by atoms with Crippen LogP contribution in [0.25, 0.3) is 0 Å². The lowest BCUT2D eigenvalue weighted by atomic mass is 10.0. The summed E-state index contributed by atoms with van der Waals surface area (Å²) in [6.07, 6.45) is 5.18. The molecule has 5 rings (SSSR count). The van der Waals surface area contributed by atoms with Gasteiger partial charge in [0, 0.05) is 44.9 Å². The fourth-order valence-electron chi connectivity index (χ4n) is 5.29. The number of benzene rings is 2. The number of urea groups is 1. The summed E-state index contributed by atoms with van der Waals surface area (Å²) in [7, 11) is 0. The van der Waals surface area contributed by atoms with Gasteiger partial charge in [0.25, 0.3) is 0 Å². The molecule has 220 valence electrons. The lowest BCUT2D eigenvalue weighted by Crippen LogP contribution is -2.35. The first-order valence-corrected chi connectivity index (χ1v) is 14.5. The van der Waals surface area contributed by atoms with Crippen molar-refractivity contribution in [3.8, 4) is 5.75 Å². The van der Waals surface area contributed by atoms with Crippen LogP contribution in [-0.4, -0.2) is 61.6 Å². The monoisotopic (exact) mass is 565 g/mol. The van der Waals surface area contributed by atoms with Crippen molar-refractivity contribution in [1.82, 2.24) is 10.2 Å². The van der Waals surface area contributed by atoms with Crippen LogP contribution in [0.2, 0.25) is 0 Å². The van der Waals surface area contributed by atoms with Crippen LogP contribution in [0, 0.1) is 0 Å². The molecule has 3 aliphatic heterocycles. The molecule has 3 aliphatic rings. The number of rotatable bonds is 13. The highest BCUT2D eigenvalue weighted by Gasteiger charge is 2.34. The minimum atomic E-state index is -0.634. The summed E-state index contributed by atoms with van der Waals surface area (Å²) in [4.78, 5) is 39.0. The zero-order valence-electron chi connectivity index (χ0n) is 23.9. The van der Waals surface area contributed by atoms with Crippen molar-refractivity contribution in [3.05, 3.63) is 59.2 Å². The van der Waals surface area contributed by atoms with E-state index < -0.39 is 5.79 Å². The molecule has 3 heterocycles. The van der Waals surface area contributed by atoms with Crippen molar-refractivity contribution in [1.29, 1.82) is 0 Å². The Bertz CT molecular complexity index is 1260. The molecule has 0 radical (unpaired) electrons. The van der Waals surface area contributed by atoms with Crippen LogP contribution in [0.15, 0.2) is 42.5 Å². The molecule has 0 saturated carbocycles. The number of amides is 4. The van der Waals surface area contributed by atoms with Crippen LogP contribution in [0.3, 0.4) is 0 Å². The number of nitrogens with one attached hydrogen (secondary N) is 1. The van der Waals surface area contributed by atoms with Crippen LogP contribution < -0.4 is 15.0 Å². The van der Waals surface area contributed by atoms with E-state index in [0.717, 1.165) is 66.7 Å². The molecular weight excluding hydrogens is 526 g/mol. The molecule has 2 aromatic carbocycles. The van der Waals surface area contributed by atoms with Gasteiger partial charge in [-0.15, -0.1) is 0 Å². The number of carbonyl (C=O) groups excluding carboxylic acids is 3. The first kappa shape index (κ1) is 28.9. The maximum absolute atomic E-state index is 12.4. The van der Waals surface area contributed by atoms with Crippen LogP contribution in [-0.2, 0) is 32.0 Å². The first-order valence-electron chi connectivity index (χ1n) is 14.5. The summed E-state index contributed by atoms with van der Waals surface area (Å²) < 4.78 is 23.1. The zero-order chi connectivity index (χ0) is 28.8. The summed E-state index contributed by atoms with van der Waals surface area (Å²) in [5, 5.41) is 2.30. The van der Waals surface area contributed by atoms with Crippen LogP contribution in [0.1, 0.15) is 68.7 Å². The number of hydrogen-bond donors (Lipinski definition) is 1. The normalized spacial score (nSPS) is 19.7. The molecule has 2 saturated heterocycles. The zero-order valence-corrected chi connectivity index (χ0v) is 23.9. The topological polar surface area (TPSA) is 107 Å². The Morgan fingerprint density at radius 3 is 2.66 bits per heavy atom. The Morgan fingerprint density at radius 2 is 1.83 bits per heavy atom. The number of unbranched alkanes of at least 4 members (excludes halogenated alkanes) is 3. The number of fused-ring (bicyclic) bond motifs is 1. The summed E-state index contributed by atoms with van der Waals surface area (Å²) in [6, 6.07) is 13.3. The van der Waals surface area contributed by atoms with Crippen molar-refractivity contribution in [3.63, 3.8) is 0 Å². The number of ether oxygens (including phenoxy) is 4. The Labute approximate surface area is 240 Å². The summed E-state index contributed by atoms with van der Waals surface area (Å²) in [5.41, 5.74) is 3.78. The van der Waals surface area contributed by atoms with E-state index in [1.54, 1.807) is 4.90 Å². The molecule has 0 aromatic heterocycles. The minimum absolute atomic E-state index is 0.0639. The maximum Gasteiger partial charge on any atom is 0.410 e. The van der Waals surface area contributed by atoms with Gasteiger partial charge in [0.2, 0.25) is 11.7 Å². The van der Waals surface area contributed by atoms with Crippen molar-refractivity contribution < 1.29 is 33.3 Å². The predicted molar refractivity (Wildman–Crippen MR) is 152 cm³/mol. The molecule has 41 heavy (non-hydrogen) atoms. The minimum Gasteiger partial charge on any atom is -0.463 e. The molecule has 10 heteroatoms. The molecule has 0 bridgehead atoms. The number of carbonyl (C=O) groups is 3. The predicted octanol–water partition coefficient (Wildman–Crippen LogP) is 5.09. The highest BCUT2D eigenvalue weighted by atomic mass is 16.7. The first-order chi connectivity index (χ1) is 19.8. The van der Waals surface area contributed by atoms with E-state index >= 15 is 0 Å². The molecule has 1 N–H and O–H groups in total. The van der Waals surface area contributed by atoms with Crippen molar-refractivity contribution >= 4 is 23.7 Å². The van der Waals surface area contributed by atoms with Crippen molar-refractivity contribution in [2.45, 2.75) is 70.9 Å². The molecule has 4 amide bonds. The molecular formula is C31H39N3O7. The average molecular weight is 566 g/mol. The largest absolute Gasteiger partial charge is 0.463 e. The highest BCUT2D eigenvalue weighted by molar-refractivity contribution is 6.12. The molecule has 2 fully saturated rings. The van der Waals surface area contributed by atoms with Gasteiger partial charge in [0.15, 0.2) is 0 Å². The average Bonchev–Trinajstić information content (AvgIpc) is 3.49. The fraction of sp³-hybridized carbons (Fsp3) is 0.516. The van der Waals surface area contributed by atoms with E-state index in [1.807, 2.05) is 56.3 Å². The molecule has 0 aliphatic carbocycles. The van der Waals surface area contributed by atoms with E-state index in [9.17, 15) is 14.4 Å². The van der Waals surface area contributed by atoms with Crippen LogP contribution >= 0.6 is 0 Å². The Morgan fingerprint density at radius 1 is 1.00 bits per heavy atom. The van der Waals surface area contributed by atoms with E-state index in [1.165, 1.54) is 4.90 Å². The van der Waals surface area contributed by atoms with Crippen LogP contribution in [0.5, 0.6) is 5.75 Å². The Balaban J connectivity index is 0.924. The number of hydrogen-bond acceptors (Lipinski definition) is 7. The number of cyclic esters (lactones) is 1. The second-order valence-corrected chi connectivity index (χ2v) is 11.2. The number of anilines is 1. The van der Waals surface area contributed by atoms with Gasteiger partial charge in [-0.05, 0) is 61.1 Å². The van der Waals surface area contributed by atoms with Gasteiger partial charge in [0.05, 0.1) is 13.2 Å². The molecule has 10 nitrogen and oxygen atoms in total. The van der Waals surface area contributed by atoms with Gasteiger partial charge in [-0.1, -0.05) is 31.0 Å². The third kappa shape index (κ3) is 7.56. The van der Waals surface area contributed by atoms with Gasteiger partial charge in [0.1, 0.15) is 18.4 Å². The molecule has 0 spiro atoms. The van der Waals surface area contributed by atoms with Crippen molar-refractivity contribution in [2.24, 2.45) is 0 Å². The lowest BCUT2D eigenvalue weighted by molar-refractivity contribution is -0.180. The van der Waals surface area contributed by atoms with E-state index in [4.69, 9.17) is 18.9 Å². The molecule has 2 aromatic rings. The quantitative estimate of drug-likeness (QED) is 0.266. The van der Waals surface area contributed by atoms with E-state index in [2.05, 4.69) is 5.32 Å². The Kier molecular flexibility index (Phi) is 9.09. The van der Waals surface area contributed by atoms with Gasteiger partial charge >= 0.3 is 12.1 Å². The van der Waals surface area contributed by atoms with Gasteiger partial charge in [-0.25, -0.2) is 9.59 Å². The second-order valence-electron chi connectivity index (χ2n) is 11.2. The fourth-order valence-corrected chi connectivity index (χ4v) is 5.29. The van der Waals surface area contributed by atoms with Crippen LogP contribution in [0.4, 0.5) is 15.3 Å². The number of aryl methyl sites for hydroxylation is 1. The van der Waals surface area contributed by atoms with Gasteiger partial charge in [-0.3, -0.25) is 15.0 Å². The maximum atomic E-state index is 12.4. The van der Waals surface area contributed by atoms with E-state index in [0.29, 0.717) is 32.9 Å². The smallest absolute Gasteiger partial charge is 0.410 e. The Hall–Kier alpha value is -3.63. The third-order valence-corrected chi connectivity index (χ3v) is 7.51. The van der Waals surface area contributed by atoms with Gasteiger partial charge < -0.3 is 23.8 Å². The molecule has 0 unspecified atom stereocenters. The molecule has 1 atom stereocenters.